The lowest BCUT2D eigenvalue weighted by Gasteiger charge is -2.24. The first-order valence-electron chi connectivity index (χ1n) is 16.4. The normalized spacial score (nSPS) is 12.2. The topological polar surface area (TPSA) is 31.0 Å². The van der Waals surface area contributed by atoms with Gasteiger partial charge in [0.2, 0.25) is 0 Å². The zero-order valence-electron chi connectivity index (χ0n) is 26.9. The molecule has 0 radical (unpaired) electrons. The Morgan fingerprint density at radius 3 is 2.04 bits per heavy atom. The fraction of sp³-hybridized carbons (Fsp3) is 0.140. The van der Waals surface area contributed by atoms with Gasteiger partial charge in [0, 0.05) is 31.8 Å². The van der Waals surface area contributed by atoms with Crippen LogP contribution in [-0.4, -0.2) is 9.55 Å². The van der Waals surface area contributed by atoms with E-state index in [0.29, 0.717) is 11.8 Å². The summed E-state index contributed by atoms with van der Waals surface area (Å²) in [6.45, 7) is 9.23. The molecule has 0 saturated heterocycles. The van der Waals surface area contributed by atoms with Gasteiger partial charge in [-0.1, -0.05) is 107 Å². The second-order valence-corrected chi connectivity index (χ2v) is 14.2. The molecule has 0 saturated carbocycles. The number of aromatic nitrogens is 2. The first kappa shape index (κ1) is 28.1. The average molecular weight is 627 g/mol. The molecule has 228 valence electrons. The number of rotatable bonds is 5. The van der Waals surface area contributed by atoms with Gasteiger partial charge < -0.3 is 4.42 Å². The van der Waals surface area contributed by atoms with Crippen LogP contribution in [0, 0.1) is 0 Å². The smallest absolute Gasteiger partial charge is 0.153 e. The number of hydrogen-bond acceptors (Lipinski definition) is 3. The van der Waals surface area contributed by atoms with Crippen LogP contribution in [-0.2, 0) is 0 Å². The molecule has 0 aliphatic rings. The van der Waals surface area contributed by atoms with Gasteiger partial charge in [0.1, 0.15) is 11.4 Å². The molecule has 0 spiro atoms. The fourth-order valence-corrected chi connectivity index (χ4v) is 8.56. The number of imidazole rings is 1. The molecule has 0 amide bonds. The molecule has 3 aromatic heterocycles. The molecule has 4 heteroatoms. The van der Waals surface area contributed by atoms with E-state index in [-0.39, 0.29) is 0 Å². The Bertz CT molecular complexity index is 2610. The number of hydrogen-bond donors (Lipinski definition) is 0. The van der Waals surface area contributed by atoms with Crippen molar-refractivity contribution < 1.29 is 4.42 Å². The van der Waals surface area contributed by atoms with E-state index in [4.69, 9.17) is 9.40 Å². The number of para-hydroxylation sites is 3. The Morgan fingerprint density at radius 1 is 0.596 bits per heavy atom. The summed E-state index contributed by atoms with van der Waals surface area (Å²) in [5, 5.41) is 4.77. The van der Waals surface area contributed by atoms with Crippen LogP contribution in [0.15, 0.2) is 126 Å². The molecule has 47 heavy (non-hydrogen) atoms. The maximum Gasteiger partial charge on any atom is 0.153 e. The predicted octanol–water partition coefficient (Wildman–Crippen LogP) is 12.9. The highest BCUT2D eigenvalue weighted by Crippen LogP contribution is 2.46. The maximum absolute atomic E-state index is 6.50. The number of thiophene rings is 1. The zero-order chi connectivity index (χ0) is 31.8. The maximum atomic E-state index is 6.50. The Labute approximate surface area is 277 Å². The average Bonchev–Trinajstić information content (AvgIpc) is 3.79. The van der Waals surface area contributed by atoms with E-state index >= 15 is 0 Å². The summed E-state index contributed by atoms with van der Waals surface area (Å²) >= 11 is 1.82. The summed E-state index contributed by atoms with van der Waals surface area (Å²) in [4.78, 5) is 5.40. The van der Waals surface area contributed by atoms with Gasteiger partial charge in [-0.05, 0) is 76.6 Å². The van der Waals surface area contributed by atoms with Crippen LogP contribution in [0.4, 0.5) is 0 Å². The number of fused-ring (bicyclic) bond motifs is 8. The number of benzene rings is 6. The highest BCUT2D eigenvalue weighted by Gasteiger charge is 2.25. The molecular weight excluding hydrogens is 593 g/mol. The first-order valence-corrected chi connectivity index (χ1v) is 17.3. The third kappa shape index (κ3) is 4.28. The summed E-state index contributed by atoms with van der Waals surface area (Å²) in [5.74, 6) is 1.59. The Balaban J connectivity index is 1.37. The zero-order valence-corrected chi connectivity index (χ0v) is 27.7. The molecule has 0 N–H and O–H groups in total. The second-order valence-electron chi connectivity index (χ2n) is 13.1. The Hall–Kier alpha value is -5.19. The molecule has 3 heterocycles. The summed E-state index contributed by atoms with van der Waals surface area (Å²) in [6, 6.07) is 43.6. The molecule has 0 aliphatic carbocycles. The molecule has 0 unspecified atom stereocenters. The molecule has 3 nitrogen and oxygen atoms in total. The van der Waals surface area contributed by atoms with Crippen LogP contribution >= 0.6 is 11.3 Å². The van der Waals surface area contributed by atoms with Crippen molar-refractivity contribution in [2.75, 3.05) is 0 Å². The summed E-state index contributed by atoms with van der Waals surface area (Å²) in [5.41, 5.74) is 11.5. The Morgan fingerprint density at radius 2 is 1.26 bits per heavy atom. The number of furan rings is 1. The van der Waals surface area contributed by atoms with Crippen molar-refractivity contribution in [1.29, 1.82) is 0 Å². The Kier molecular flexibility index (Phi) is 6.38. The monoisotopic (exact) mass is 626 g/mol. The molecule has 9 rings (SSSR count). The standard InChI is InChI=1S/C43H34N2OS/c1-25(2)34-23-28(27-13-6-5-7-14-27)24-35(26(3)4)39(34)45-37-19-10-9-18-36(37)44-43(45)33-17-12-16-31-32-22-21-30-29-15-8-11-20-38(29)46-40(30)42(32)47-41(31)33/h5-26H,1-4H3. The summed E-state index contributed by atoms with van der Waals surface area (Å²) < 4.78 is 11.4. The van der Waals surface area contributed by atoms with Crippen LogP contribution < -0.4 is 0 Å². The van der Waals surface area contributed by atoms with Crippen LogP contribution in [0.1, 0.15) is 50.7 Å². The van der Waals surface area contributed by atoms with Gasteiger partial charge >= 0.3 is 0 Å². The minimum absolute atomic E-state index is 0.307. The third-order valence-corrected chi connectivity index (χ3v) is 10.8. The van der Waals surface area contributed by atoms with Crippen molar-refractivity contribution in [2.45, 2.75) is 39.5 Å². The SMILES string of the molecule is CC(C)c1cc(-c2ccccc2)cc(C(C)C)c1-n1c(-c2cccc3c2sc2c3ccc3c4ccccc4oc32)nc2ccccc21. The highest BCUT2D eigenvalue weighted by atomic mass is 32.1. The van der Waals surface area contributed by atoms with Gasteiger partial charge in [-0.3, -0.25) is 4.57 Å². The largest absolute Gasteiger partial charge is 0.455 e. The van der Waals surface area contributed by atoms with E-state index in [9.17, 15) is 0 Å². The lowest BCUT2D eigenvalue weighted by atomic mass is 9.88. The quantitative estimate of drug-likeness (QED) is 0.190. The van der Waals surface area contributed by atoms with E-state index in [2.05, 4.69) is 148 Å². The van der Waals surface area contributed by atoms with Crippen LogP contribution in [0.25, 0.3) is 81.3 Å². The van der Waals surface area contributed by atoms with Crippen molar-refractivity contribution in [3.8, 4) is 28.2 Å². The van der Waals surface area contributed by atoms with Gasteiger partial charge in [-0.15, -0.1) is 11.3 Å². The van der Waals surface area contributed by atoms with Crippen LogP contribution in [0.2, 0.25) is 0 Å². The van der Waals surface area contributed by atoms with Gasteiger partial charge in [0.05, 0.1) is 21.4 Å². The molecule has 6 aromatic carbocycles. The summed E-state index contributed by atoms with van der Waals surface area (Å²) in [7, 11) is 0. The van der Waals surface area contributed by atoms with Gasteiger partial charge in [-0.25, -0.2) is 4.98 Å². The predicted molar refractivity (Wildman–Crippen MR) is 200 cm³/mol. The summed E-state index contributed by atoms with van der Waals surface area (Å²) in [6.07, 6.45) is 0. The van der Waals surface area contributed by atoms with Crippen LogP contribution in [0.5, 0.6) is 0 Å². The van der Waals surface area contributed by atoms with Crippen molar-refractivity contribution in [3.05, 3.63) is 132 Å². The number of nitrogens with zero attached hydrogens (tertiary/aromatic N) is 2. The molecule has 0 bridgehead atoms. The first-order chi connectivity index (χ1) is 23.0. The molecule has 0 atom stereocenters. The van der Waals surface area contributed by atoms with E-state index in [1.54, 1.807) is 0 Å². The van der Waals surface area contributed by atoms with Crippen molar-refractivity contribution in [1.82, 2.24) is 9.55 Å². The van der Waals surface area contributed by atoms with Crippen molar-refractivity contribution in [3.63, 3.8) is 0 Å². The van der Waals surface area contributed by atoms with Gasteiger partial charge in [-0.2, -0.15) is 0 Å². The van der Waals surface area contributed by atoms with Gasteiger partial charge in [0.25, 0.3) is 0 Å². The molecule has 0 aliphatic heterocycles. The second kappa shape index (κ2) is 10.7. The van der Waals surface area contributed by atoms with Crippen molar-refractivity contribution in [2.24, 2.45) is 0 Å². The van der Waals surface area contributed by atoms with Gasteiger partial charge in [0.15, 0.2) is 5.58 Å². The molecule has 0 fully saturated rings. The van der Waals surface area contributed by atoms with E-state index < -0.39 is 0 Å². The fourth-order valence-electron chi connectivity index (χ4n) is 7.26. The van der Waals surface area contributed by atoms with Crippen molar-refractivity contribution >= 4 is 64.5 Å². The van der Waals surface area contributed by atoms with E-state index in [1.165, 1.54) is 48.1 Å². The molecule has 9 aromatic rings. The van der Waals surface area contributed by atoms with E-state index in [0.717, 1.165) is 44.4 Å². The van der Waals surface area contributed by atoms with Crippen LogP contribution in [0.3, 0.4) is 0 Å². The lowest BCUT2D eigenvalue weighted by molar-refractivity contribution is 0.673. The highest BCUT2D eigenvalue weighted by molar-refractivity contribution is 7.27. The lowest BCUT2D eigenvalue weighted by Crippen LogP contribution is -2.09. The third-order valence-electron chi connectivity index (χ3n) is 9.56. The van der Waals surface area contributed by atoms with E-state index in [1.807, 2.05) is 17.4 Å². The minimum atomic E-state index is 0.307. The molecular formula is C43H34N2OS. The minimum Gasteiger partial charge on any atom is -0.455 e.